The van der Waals surface area contributed by atoms with E-state index in [-0.39, 0.29) is 56.4 Å². The summed E-state index contributed by atoms with van der Waals surface area (Å²) in [6.07, 6.45) is 2.36. The summed E-state index contributed by atoms with van der Waals surface area (Å²) in [6, 6.07) is 21.9. The number of carbonyl (C=O) groups excluding carboxylic acids is 5. The smallest absolute Gasteiger partial charge is 0.410 e. The largest absolute Gasteiger partial charge is 0.453 e. The maximum atomic E-state index is 13.5. The van der Waals surface area contributed by atoms with Crippen LogP contribution in [0.15, 0.2) is 85.1 Å². The Morgan fingerprint density at radius 1 is 0.949 bits per heavy atom. The maximum Gasteiger partial charge on any atom is 0.410 e. The molecule has 2 aliphatic heterocycles. The van der Waals surface area contributed by atoms with E-state index in [1.165, 1.54) is 7.11 Å². The number of nitrogens with zero attached hydrogens (tertiary/aromatic N) is 3. The van der Waals surface area contributed by atoms with E-state index in [1.54, 1.807) is 23.2 Å². The number of benzene rings is 3. The first-order valence-corrected chi connectivity index (χ1v) is 19.9. The van der Waals surface area contributed by atoms with E-state index in [2.05, 4.69) is 20.6 Å². The van der Waals surface area contributed by atoms with E-state index < -0.39 is 36.0 Å². The molecule has 59 heavy (non-hydrogen) atoms. The highest BCUT2D eigenvalue weighted by Crippen LogP contribution is 2.34. The summed E-state index contributed by atoms with van der Waals surface area (Å²) in [5.74, 6) is -2.29. The van der Waals surface area contributed by atoms with Gasteiger partial charge in [0.25, 0.3) is 0 Å². The van der Waals surface area contributed by atoms with Crippen LogP contribution in [0.1, 0.15) is 74.2 Å². The number of β-amino-alcohol motifs (C(OH)–C–C–N with tert-alkyl or cyclic N) is 1. The number of rotatable bonds is 15. The molecule has 4 N–H and O–H groups in total. The molecule has 0 saturated carbocycles. The molecule has 2 fully saturated rings. The van der Waals surface area contributed by atoms with Gasteiger partial charge in [0.05, 0.1) is 38.1 Å². The summed E-state index contributed by atoms with van der Waals surface area (Å²) in [7, 11) is 1.27. The molecule has 0 radical (unpaired) electrons. The van der Waals surface area contributed by atoms with Crippen LogP contribution in [0.25, 0.3) is 22.4 Å². The molecule has 2 aliphatic rings. The molecule has 312 valence electrons. The number of carbonyl (C=O) groups is 5. The fourth-order valence-electron chi connectivity index (χ4n) is 7.40. The molecule has 3 aromatic carbocycles. The molecule has 15 nitrogen and oxygen atoms in total. The molecule has 4 amide bonds. The lowest BCUT2D eigenvalue weighted by atomic mass is 10.0. The number of ether oxygens (including phenoxy) is 3. The summed E-state index contributed by atoms with van der Waals surface area (Å²) in [4.78, 5) is 76.1. The number of likely N-dealkylation sites (tertiary alicyclic amines) is 2. The average Bonchev–Trinajstić information content (AvgIpc) is 4.03. The zero-order valence-electron chi connectivity index (χ0n) is 33.8. The minimum Gasteiger partial charge on any atom is -0.453 e. The van der Waals surface area contributed by atoms with Crippen LogP contribution in [0.4, 0.5) is 9.59 Å². The standard InChI is InChI=1S/C44H52N6O9/c1-5-22-59-44(56)23-36(50(27-44)43(55)58-26-29-10-7-6-8-11-29)40(52)46-25-37(51)33-19-15-31(16-20-33)30-13-17-32(18-14-30)34-24-45-39(47-34)35-12-9-21-49(35)41(53)38(28(2)3)48-42(54)57-4/h6-8,10-11,13-20,24,28,35-36,38,56H,5,9,12,21-23,25-27H2,1-4H3,(H,45,47)(H,46,52)(H,48,54)/t35?,36-,38-,44?/m0/s1. The molecule has 1 aromatic heterocycles. The lowest BCUT2D eigenvalue weighted by molar-refractivity contribution is -0.192. The van der Waals surface area contributed by atoms with Crippen LogP contribution in [0.5, 0.6) is 0 Å². The van der Waals surface area contributed by atoms with Crippen LogP contribution in [-0.4, -0.2) is 106 Å². The molecule has 0 spiro atoms. The number of ketones is 1. The summed E-state index contributed by atoms with van der Waals surface area (Å²) in [5, 5.41) is 16.4. The average molecular weight is 809 g/mol. The van der Waals surface area contributed by atoms with E-state index in [4.69, 9.17) is 14.2 Å². The number of amides is 4. The van der Waals surface area contributed by atoms with Gasteiger partial charge in [-0.2, -0.15) is 0 Å². The highest BCUT2D eigenvalue weighted by atomic mass is 16.6. The molecular weight excluding hydrogens is 757 g/mol. The molecule has 4 aromatic rings. The van der Waals surface area contributed by atoms with Crippen molar-refractivity contribution < 1.29 is 43.3 Å². The van der Waals surface area contributed by atoms with Gasteiger partial charge in [0, 0.05) is 25.1 Å². The van der Waals surface area contributed by atoms with Crippen LogP contribution in [-0.2, 0) is 30.4 Å². The summed E-state index contributed by atoms with van der Waals surface area (Å²) < 4.78 is 15.8. The Labute approximate surface area is 343 Å². The third-order valence-corrected chi connectivity index (χ3v) is 10.6. The predicted octanol–water partition coefficient (Wildman–Crippen LogP) is 5.61. The molecular formula is C44H52N6O9. The first-order chi connectivity index (χ1) is 28.4. The number of aromatic nitrogens is 2. The molecule has 15 heteroatoms. The van der Waals surface area contributed by atoms with Gasteiger partial charge in [0.2, 0.25) is 11.8 Å². The zero-order valence-corrected chi connectivity index (χ0v) is 33.8. The van der Waals surface area contributed by atoms with Gasteiger partial charge in [-0.15, -0.1) is 0 Å². The van der Waals surface area contributed by atoms with Crippen molar-refractivity contribution >= 4 is 29.8 Å². The van der Waals surface area contributed by atoms with Gasteiger partial charge in [-0.25, -0.2) is 14.6 Å². The van der Waals surface area contributed by atoms with E-state index in [1.807, 2.05) is 87.5 Å². The third kappa shape index (κ3) is 10.3. The molecule has 0 bridgehead atoms. The van der Waals surface area contributed by atoms with Crippen LogP contribution < -0.4 is 10.6 Å². The Balaban J connectivity index is 1.05. The molecule has 4 atom stereocenters. The number of hydrogen-bond acceptors (Lipinski definition) is 10. The lowest BCUT2D eigenvalue weighted by Crippen LogP contribution is -2.51. The fourth-order valence-corrected chi connectivity index (χ4v) is 7.40. The van der Waals surface area contributed by atoms with Crippen LogP contribution in [0.3, 0.4) is 0 Å². The second-order valence-electron chi connectivity index (χ2n) is 15.2. The topological polar surface area (TPSA) is 192 Å². The van der Waals surface area contributed by atoms with Crippen molar-refractivity contribution in [1.82, 2.24) is 30.4 Å². The molecule has 3 heterocycles. The van der Waals surface area contributed by atoms with Crippen molar-refractivity contribution in [3.8, 4) is 22.4 Å². The Hall–Kier alpha value is -6.06. The number of hydrogen-bond donors (Lipinski definition) is 4. The number of nitrogens with one attached hydrogen (secondary N) is 3. The summed E-state index contributed by atoms with van der Waals surface area (Å²) in [5.41, 5.74) is 4.66. The van der Waals surface area contributed by atoms with Gasteiger partial charge in [0.15, 0.2) is 11.6 Å². The van der Waals surface area contributed by atoms with Gasteiger partial charge in [-0.3, -0.25) is 19.3 Å². The van der Waals surface area contributed by atoms with Crippen molar-refractivity contribution in [1.29, 1.82) is 0 Å². The monoisotopic (exact) mass is 808 g/mol. The van der Waals surface area contributed by atoms with Crippen molar-refractivity contribution in [2.75, 3.05) is 33.4 Å². The first-order valence-electron chi connectivity index (χ1n) is 19.9. The number of alkyl carbamates (subject to hydrolysis) is 1. The number of H-pyrrole nitrogens is 1. The second-order valence-corrected chi connectivity index (χ2v) is 15.2. The van der Waals surface area contributed by atoms with Crippen molar-refractivity contribution in [3.05, 3.63) is 102 Å². The number of Topliss-reactive ketones (excluding diaryl/α,β-unsaturated/α-hetero) is 1. The Morgan fingerprint density at radius 2 is 1.63 bits per heavy atom. The van der Waals surface area contributed by atoms with E-state index in [9.17, 15) is 29.1 Å². The van der Waals surface area contributed by atoms with Gasteiger partial charge >= 0.3 is 12.2 Å². The van der Waals surface area contributed by atoms with Gasteiger partial charge in [-0.1, -0.05) is 99.6 Å². The Bertz CT molecular complexity index is 2090. The number of aliphatic hydroxyl groups is 1. The highest BCUT2D eigenvalue weighted by molar-refractivity contribution is 6.00. The van der Waals surface area contributed by atoms with Gasteiger partial charge in [0.1, 0.15) is 24.5 Å². The Morgan fingerprint density at radius 3 is 2.29 bits per heavy atom. The van der Waals surface area contributed by atoms with Crippen LogP contribution >= 0.6 is 0 Å². The van der Waals surface area contributed by atoms with Crippen LogP contribution in [0.2, 0.25) is 0 Å². The SMILES string of the molecule is CCCOC1(O)C[C@@H](C(=O)NCC(=O)c2ccc(-c3ccc(-c4cnc(C5CCCN5C(=O)[C@@H](NC(=O)OC)C(C)C)[nH]4)cc3)cc2)N(C(=O)OCc2ccccc2)C1. The normalized spacial score (nSPS) is 19.4. The second kappa shape index (κ2) is 19.1. The molecule has 6 rings (SSSR count). The lowest BCUT2D eigenvalue weighted by Gasteiger charge is -2.30. The zero-order chi connectivity index (χ0) is 42.1. The minimum atomic E-state index is -1.73. The minimum absolute atomic E-state index is 0.00787. The predicted molar refractivity (Wildman–Crippen MR) is 218 cm³/mol. The van der Waals surface area contributed by atoms with Gasteiger partial charge < -0.3 is 39.8 Å². The number of imidazole rings is 1. The summed E-state index contributed by atoms with van der Waals surface area (Å²) >= 11 is 0. The summed E-state index contributed by atoms with van der Waals surface area (Å²) in [6.45, 7) is 5.87. The number of aromatic amines is 1. The van der Waals surface area contributed by atoms with Crippen LogP contribution in [0, 0.1) is 5.92 Å². The first kappa shape index (κ1) is 42.5. The van der Waals surface area contributed by atoms with Crippen molar-refractivity contribution in [2.24, 2.45) is 5.92 Å². The van der Waals surface area contributed by atoms with Gasteiger partial charge in [-0.05, 0) is 47.4 Å². The van der Waals surface area contributed by atoms with Crippen molar-refractivity contribution in [3.63, 3.8) is 0 Å². The fraction of sp³-hybridized carbons (Fsp3) is 0.409. The van der Waals surface area contributed by atoms with E-state index >= 15 is 0 Å². The third-order valence-electron chi connectivity index (χ3n) is 10.6. The van der Waals surface area contributed by atoms with E-state index in [0.29, 0.717) is 24.4 Å². The Kier molecular flexibility index (Phi) is 13.8. The number of methoxy groups -OCH3 is 1. The molecule has 0 aliphatic carbocycles. The maximum absolute atomic E-state index is 13.5. The van der Waals surface area contributed by atoms with E-state index in [0.717, 1.165) is 45.7 Å². The van der Waals surface area contributed by atoms with Crippen molar-refractivity contribution in [2.45, 2.75) is 77.0 Å². The molecule has 2 saturated heterocycles. The quantitative estimate of drug-likeness (QED) is 0.0867. The molecule has 2 unspecified atom stereocenters. The highest BCUT2D eigenvalue weighted by Gasteiger charge is 2.49.